The molecule has 0 spiro atoms. The van der Waals surface area contributed by atoms with Gasteiger partial charge in [-0.15, -0.1) is 0 Å². The molecule has 4 fully saturated rings. The van der Waals surface area contributed by atoms with E-state index in [0.29, 0.717) is 29.1 Å². The minimum atomic E-state index is -0.0962. The summed E-state index contributed by atoms with van der Waals surface area (Å²) in [6.07, 6.45) is 11.0. The number of rotatable bonds is 1. The predicted octanol–water partition coefficient (Wildman–Crippen LogP) is 4.46. The van der Waals surface area contributed by atoms with Gasteiger partial charge in [-0.3, -0.25) is 0 Å². The minimum Gasteiger partial charge on any atom is -0.393 e. The van der Waals surface area contributed by atoms with Gasteiger partial charge in [-0.05, 0) is 85.9 Å². The Kier molecular flexibility index (Phi) is 4.28. The van der Waals surface area contributed by atoms with Gasteiger partial charge in [0.15, 0.2) is 0 Å². The van der Waals surface area contributed by atoms with E-state index in [4.69, 9.17) is 4.74 Å². The molecule has 0 aliphatic heterocycles. The van der Waals surface area contributed by atoms with E-state index in [1.54, 1.807) is 0 Å². The molecule has 25 heavy (non-hydrogen) atoms. The Balaban J connectivity index is 1.71. The zero-order valence-corrected chi connectivity index (χ0v) is 16.0. The zero-order valence-electron chi connectivity index (χ0n) is 16.0. The third-order valence-corrected chi connectivity index (χ3v) is 8.94. The molecule has 4 rings (SSSR count). The first-order chi connectivity index (χ1) is 11.9. The largest absolute Gasteiger partial charge is 0.393 e. The molecule has 0 aromatic rings. The highest BCUT2D eigenvalue weighted by Gasteiger charge is 2.62. The van der Waals surface area contributed by atoms with Crippen molar-refractivity contribution in [1.82, 2.24) is 0 Å². The van der Waals surface area contributed by atoms with Crippen LogP contribution in [0.5, 0.6) is 0 Å². The summed E-state index contributed by atoms with van der Waals surface area (Å²) in [5, 5.41) is 19.4. The van der Waals surface area contributed by atoms with Gasteiger partial charge in [-0.25, -0.2) is 0 Å². The Morgan fingerprint density at radius 1 is 1.24 bits per heavy atom. The van der Waals surface area contributed by atoms with Crippen molar-refractivity contribution in [1.29, 1.82) is 5.26 Å². The second kappa shape index (κ2) is 6.10. The van der Waals surface area contributed by atoms with Crippen LogP contribution < -0.4 is 0 Å². The molecular formula is C22H33NO2. The van der Waals surface area contributed by atoms with Crippen molar-refractivity contribution in [3.63, 3.8) is 0 Å². The molecule has 0 radical (unpaired) electrons. The van der Waals surface area contributed by atoms with Gasteiger partial charge in [0.2, 0.25) is 0 Å². The summed E-state index contributed by atoms with van der Waals surface area (Å²) in [5.74, 6) is 2.68. The second-order valence-corrected chi connectivity index (χ2v) is 9.74. The summed E-state index contributed by atoms with van der Waals surface area (Å²) in [6, 6.07) is 2.30. The van der Waals surface area contributed by atoms with E-state index in [0.717, 1.165) is 32.1 Å². The van der Waals surface area contributed by atoms with Crippen LogP contribution in [0.25, 0.3) is 0 Å². The highest BCUT2D eigenvalue weighted by atomic mass is 16.5. The number of hydrogen-bond acceptors (Lipinski definition) is 3. The molecular weight excluding hydrogens is 310 g/mol. The first-order valence-electron chi connectivity index (χ1n) is 10.2. The molecule has 138 valence electrons. The number of fused-ring (bicyclic) bond motifs is 5. The van der Waals surface area contributed by atoms with E-state index in [-0.39, 0.29) is 17.6 Å². The van der Waals surface area contributed by atoms with Gasteiger partial charge < -0.3 is 9.84 Å². The van der Waals surface area contributed by atoms with Crippen molar-refractivity contribution < 1.29 is 9.84 Å². The predicted molar refractivity (Wildman–Crippen MR) is 97.6 cm³/mol. The number of aliphatic hydroxyl groups excluding tert-OH is 1. The Morgan fingerprint density at radius 3 is 2.76 bits per heavy atom. The lowest BCUT2D eigenvalue weighted by Crippen LogP contribution is -2.58. The van der Waals surface area contributed by atoms with Crippen molar-refractivity contribution >= 4 is 0 Å². The summed E-state index contributed by atoms with van der Waals surface area (Å²) in [4.78, 5) is 0. The summed E-state index contributed by atoms with van der Waals surface area (Å²) in [6.45, 7) is 4.89. The van der Waals surface area contributed by atoms with Gasteiger partial charge >= 0.3 is 0 Å². The average molecular weight is 344 g/mol. The molecule has 4 aliphatic rings. The van der Waals surface area contributed by atoms with E-state index in [2.05, 4.69) is 19.9 Å². The van der Waals surface area contributed by atoms with Crippen molar-refractivity contribution in [2.45, 2.75) is 77.4 Å². The fourth-order valence-electron chi connectivity index (χ4n) is 7.71. The lowest BCUT2D eigenvalue weighted by Gasteiger charge is -2.62. The van der Waals surface area contributed by atoms with Crippen molar-refractivity contribution in [2.75, 3.05) is 7.11 Å². The standard InChI is InChI=1S/C22H33NO2/c1-21-10-8-16(24)12-15(21)4-6-17-18-7-5-14(9-11-23)22(18,2)13-19(25-3)20(17)21/h9,15-20,24H,4-8,10,12-13H2,1-3H3/t15-,16+,17-,18-,19-,20+,21-,22+/m0/s1. The molecule has 3 nitrogen and oxygen atoms in total. The Hall–Kier alpha value is -0.850. The number of nitrogens with zero attached hydrogens (tertiary/aromatic N) is 1. The SMILES string of the molecule is CO[C@H]1C[C@]2(C)C(=CC#N)CC[C@H]2[C@@H]2CC[C@H]3C[C@H](O)CC[C@]3(C)[C@H]21. The first kappa shape index (κ1) is 17.6. The van der Waals surface area contributed by atoms with Crippen LogP contribution in [0.3, 0.4) is 0 Å². The van der Waals surface area contributed by atoms with E-state index in [1.165, 1.54) is 24.8 Å². The number of nitriles is 1. The molecule has 8 atom stereocenters. The van der Waals surface area contributed by atoms with Crippen LogP contribution in [0.15, 0.2) is 11.6 Å². The number of methoxy groups -OCH3 is 1. The molecule has 0 heterocycles. The topological polar surface area (TPSA) is 53.2 Å². The molecule has 0 bridgehead atoms. The summed E-state index contributed by atoms with van der Waals surface area (Å²) in [5.41, 5.74) is 1.83. The van der Waals surface area contributed by atoms with Crippen molar-refractivity contribution in [2.24, 2.45) is 34.5 Å². The zero-order chi connectivity index (χ0) is 17.8. The van der Waals surface area contributed by atoms with Gasteiger partial charge in [-0.2, -0.15) is 5.26 Å². The van der Waals surface area contributed by atoms with Gasteiger partial charge in [-0.1, -0.05) is 19.4 Å². The summed E-state index contributed by atoms with van der Waals surface area (Å²) >= 11 is 0. The summed E-state index contributed by atoms with van der Waals surface area (Å²) < 4.78 is 6.13. The van der Waals surface area contributed by atoms with E-state index in [9.17, 15) is 10.4 Å². The maximum atomic E-state index is 10.2. The van der Waals surface area contributed by atoms with Crippen LogP contribution in [-0.2, 0) is 4.74 Å². The lowest BCUT2D eigenvalue weighted by molar-refractivity contribution is -0.175. The summed E-state index contributed by atoms with van der Waals surface area (Å²) in [7, 11) is 1.89. The molecule has 0 aromatic heterocycles. The third kappa shape index (κ3) is 2.44. The first-order valence-corrected chi connectivity index (χ1v) is 10.2. The van der Waals surface area contributed by atoms with Crippen LogP contribution in [-0.4, -0.2) is 24.4 Å². The highest BCUT2D eigenvalue weighted by Crippen LogP contribution is 2.67. The highest BCUT2D eigenvalue weighted by molar-refractivity contribution is 5.29. The van der Waals surface area contributed by atoms with Gasteiger partial charge in [0.25, 0.3) is 0 Å². The van der Waals surface area contributed by atoms with Crippen LogP contribution in [0, 0.1) is 45.8 Å². The molecule has 4 saturated carbocycles. The number of allylic oxidation sites excluding steroid dienone is 2. The maximum absolute atomic E-state index is 10.2. The smallest absolute Gasteiger partial charge is 0.0911 e. The molecule has 0 amide bonds. The Morgan fingerprint density at radius 2 is 2.04 bits per heavy atom. The molecule has 0 unspecified atom stereocenters. The fraction of sp³-hybridized carbons (Fsp3) is 0.864. The molecule has 0 aromatic carbocycles. The van der Waals surface area contributed by atoms with E-state index in [1.807, 2.05) is 13.2 Å². The van der Waals surface area contributed by atoms with Gasteiger partial charge in [0.05, 0.1) is 18.3 Å². The van der Waals surface area contributed by atoms with E-state index >= 15 is 0 Å². The number of aliphatic hydroxyl groups is 1. The van der Waals surface area contributed by atoms with Crippen molar-refractivity contribution in [3.05, 3.63) is 11.6 Å². The number of ether oxygens (including phenoxy) is 1. The molecule has 4 aliphatic carbocycles. The lowest BCUT2D eigenvalue weighted by atomic mass is 9.44. The average Bonchev–Trinajstić information content (AvgIpc) is 2.91. The monoisotopic (exact) mass is 343 g/mol. The third-order valence-electron chi connectivity index (χ3n) is 8.94. The molecule has 1 N–H and O–H groups in total. The fourth-order valence-corrected chi connectivity index (χ4v) is 7.71. The Labute approximate surface area is 152 Å². The minimum absolute atomic E-state index is 0.0962. The maximum Gasteiger partial charge on any atom is 0.0911 e. The van der Waals surface area contributed by atoms with Crippen molar-refractivity contribution in [3.8, 4) is 6.07 Å². The van der Waals surface area contributed by atoms with E-state index < -0.39 is 0 Å². The van der Waals surface area contributed by atoms with Crippen LogP contribution in [0.2, 0.25) is 0 Å². The van der Waals surface area contributed by atoms with Crippen LogP contribution in [0.4, 0.5) is 0 Å². The van der Waals surface area contributed by atoms with Crippen LogP contribution >= 0.6 is 0 Å². The molecule has 3 heteroatoms. The quantitative estimate of drug-likeness (QED) is 0.715. The second-order valence-electron chi connectivity index (χ2n) is 9.74. The normalized spacial score (nSPS) is 53.6. The van der Waals surface area contributed by atoms with Crippen LogP contribution in [0.1, 0.15) is 65.2 Å². The van der Waals surface area contributed by atoms with Gasteiger partial charge in [0, 0.05) is 13.2 Å². The Bertz CT molecular complexity index is 608. The van der Waals surface area contributed by atoms with Gasteiger partial charge in [0.1, 0.15) is 0 Å². The number of hydrogen-bond donors (Lipinski definition) is 1. The molecule has 0 saturated heterocycles.